The number of nitrogens with one attached hydrogen (secondary N) is 1. The van der Waals surface area contributed by atoms with Gasteiger partial charge in [0, 0.05) is 18.1 Å². The first-order chi connectivity index (χ1) is 9.25. The number of aliphatic hydroxyl groups excluding tert-OH is 1. The van der Waals surface area contributed by atoms with Crippen LogP contribution in [0.5, 0.6) is 0 Å². The van der Waals surface area contributed by atoms with E-state index in [1.165, 1.54) is 22.7 Å². The molecule has 2 aromatic rings. The zero-order chi connectivity index (χ0) is 13.3. The largest absolute Gasteiger partial charge is 0.394 e. The molecule has 6 heteroatoms. The highest BCUT2D eigenvalue weighted by molar-refractivity contribution is 7.10. The van der Waals surface area contributed by atoms with Gasteiger partial charge in [0.25, 0.3) is 0 Å². The lowest BCUT2D eigenvalue weighted by molar-refractivity contribution is 0.158. The Bertz CT molecular complexity index is 589. The number of hydrogen-bond acceptors (Lipinski definition) is 5. The summed E-state index contributed by atoms with van der Waals surface area (Å²) < 4.78 is 4.42. The molecule has 0 radical (unpaired) electrons. The van der Waals surface area contributed by atoms with Gasteiger partial charge in [-0.1, -0.05) is 40.4 Å². The summed E-state index contributed by atoms with van der Waals surface area (Å²) in [6.45, 7) is 0.587. The lowest BCUT2D eigenvalue weighted by Crippen LogP contribution is -2.43. The van der Waals surface area contributed by atoms with Crippen LogP contribution in [0.4, 0.5) is 0 Å². The number of nitrogens with zero attached hydrogens (tertiary/aromatic N) is 2. The molecule has 100 valence electrons. The Balaban J connectivity index is 1.84. The SMILES string of the molecule is OCC1(NCc2nnsc2Cl)CCc2ccccc21. The van der Waals surface area contributed by atoms with Gasteiger partial charge in [-0.05, 0) is 24.0 Å². The van der Waals surface area contributed by atoms with E-state index in [0.717, 1.165) is 18.5 Å². The van der Waals surface area contributed by atoms with Crippen LogP contribution in [-0.2, 0) is 18.5 Å². The fraction of sp³-hybridized carbons (Fsp3) is 0.385. The van der Waals surface area contributed by atoms with E-state index in [1.54, 1.807) is 0 Å². The van der Waals surface area contributed by atoms with Crippen molar-refractivity contribution in [2.75, 3.05) is 6.61 Å². The van der Waals surface area contributed by atoms with Gasteiger partial charge in [-0.25, -0.2) is 0 Å². The van der Waals surface area contributed by atoms with E-state index >= 15 is 0 Å². The second-order valence-corrected chi connectivity index (χ2v) is 6.10. The fourth-order valence-corrected chi connectivity index (χ4v) is 3.27. The summed E-state index contributed by atoms with van der Waals surface area (Å²) in [4.78, 5) is 0. The molecule has 1 aromatic carbocycles. The predicted molar refractivity (Wildman–Crippen MR) is 75.3 cm³/mol. The van der Waals surface area contributed by atoms with Gasteiger partial charge in [0.2, 0.25) is 0 Å². The molecule has 0 amide bonds. The van der Waals surface area contributed by atoms with Gasteiger partial charge in [0.05, 0.1) is 12.1 Å². The molecule has 0 bridgehead atoms. The normalized spacial score (nSPS) is 21.6. The third-order valence-electron chi connectivity index (χ3n) is 3.73. The molecule has 0 aliphatic heterocycles. The lowest BCUT2D eigenvalue weighted by atomic mass is 9.92. The van der Waals surface area contributed by atoms with Crippen LogP contribution in [-0.4, -0.2) is 21.3 Å². The van der Waals surface area contributed by atoms with E-state index in [0.29, 0.717) is 10.9 Å². The standard InChI is InChI=1S/C13H14ClN3OS/c14-12-11(16-17-19-12)7-15-13(8-18)6-5-9-3-1-2-4-10(9)13/h1-4,15,18H,5-8H2. The van der Waals surface area contributed by atoms with E-state index in [2.05, 4.69) is 27.0 Å². The maximum absolute atomic E-state index is 9.83. The van der Waals surface area contributed by atoms with Crippen molar-refractivity contribution in [1.82, 2.24) is 14.9 Å². The monoisotopic (exact) mass is 295 g/mol. The van der Waals surface area contributed by atoms with Gasteiger partial charge in [0.1, 0.15) is 10.0 Å². The molecule has 3 rings (SSSR count). The summed E-state index contributed by atoms with van der Waals surface area (Å²) in [6, 6.07) is 8.24. The van der Waals surface area contributed by atoms with Crippen molar-refractivity contribution in [3.63, 3.8) is 0 Å². The Labute approximate surface area is 120 Å². The van der Waals surface area contributed by atoms with Crippen molar-refractivity contribution in [2.45, 2.75) is 24.9 Å². The Morgan fingerprint density at radius 3 is 3.00 bits per heavy atom. The Hall–Kier alpha value is -1.01. The topological polar surface area (TPSA) is 58.0 Å². The summed E-state index contributed by atoms with van der Waals surface area (Å²) in [7, 11) is 0. The van der Waals surface area contributed by atoms with Crippen LogP contribution >= 0.6 is 23.1 Å². The van der Waals surface area contributed by atoms with Crippen molar-refractivity contribution < 1.29 is 5.11 Å². The summed E-state index contributed by atoms with van der Waals surface area (Å²) >= 11 is 7.19. The minimum atomic E-state index is -0.385. The first-order valence-corrected chi connectivity index (χ1v) is 7.31. The van der Waals surface area contributed by atoms with Crippen LogP contribution in [0.15, 0.2) is 24.3 Å². The average Bonchev–Trinajstić information content (AvgIpc) is 3.01. The molecule has 4 nitrogen and oxygen atoms in total. The second kappa shape index (κ2) is 5.17. The van der Waals surface area contributed by atoms with Crippen molar-refractivity contribution >= 4 is 23.1 Å². The fourth-order valence-electron chi connectivity index (χ4n) is 2.65. The second-order valence-electron chi connectivity index (χ2n) is 4.74. The third-order valence-corrected chi connectivity index (χ3v) is 4.71. The van der Waals surface area contributed by atoms with Crippen LogP contribution in [0.3, 0.4) is 0 Å². The van der Waals surface area contributed by atoms with Gasteiger partial charge >= 0.3 is 0 Å². The number of aliphatic hydroxyl groups is 1. The molecule has 1 aromatic heterocycles. The Morgan fingerprint density at radius 2 is 2.26 bits per heavy atom. The molecule has 1 aliphatic rings. The number of aromatic nitrogens is 2. The molecule has 0 spiro atoms. The number of rotatable bonds is 4. The van der Waals surface area contributed by atoms with Gasteiger partial charge in [-0.15, -0.1) is 5.10 Å². The minimum Gasteiger partial charge on any atom is -0.394 e. The average molecular weight is 296 g/mol. The maximum atomic E-state index is 9.83. The smallest absolute Gasteiger partial charge is 0.138 e. The first kappa shape index (κ1) is 13.0. The van der Waals surface area contributed by atoms with E-state index in [9.17, 15) is 5.11 Å². The summed E-state index contributed by atoms with van der Waals surface area (Å²) in [5.74, 6) is 0. The molecular formula is C13H14ClN3OS. The third kappa shape index (κ3) is 2.27. The Morgan fingerprint density at radius 1 is 1.42 bits per heavy atom. The van der Waals surface area contributed by atoms with Crippen molar-refractivity contribution in [3.8, 4) is 0 Å². The van der Waals surface area contributed by atoms with Gasteiger partial charge in [0.15, 0.2) is 0 Å². The molecule has 1 unspecified atom stereocenters. The molecule has 2 N–H and O–H groups in total. The van der Waals surface area contributed by atoms with E-state index in [-0.39, 0.29) is 12.1 Å². The van der Waals surface area contributed by atoms with Crippen molar-refractivity contribution in [2.24, 2.45) is 0 Å². The zero-order valence-electron chi connectivity index (χ0n) is 10.3. The molecule has 1 atom stereocenters. The highest BCUT2D eigenvalue weighted by Gasteiger charge is 2.37. The highest BCUT2D eigenvalue weighted by Crippen LogP contribution is 2.36. The van der Waals surface area contributed by atoms with Gasteiger partial charge in [-0.2, -0.15) is 0 Å². The lowest BCUT2D eigenvalue weighted by Gasteiger charge is -2.29. The zero-order valence-corrected chi connectivity index (χ0v) is 11.8. The number of halogens is 1. The van der Waals surface area contributed by atoms with Crippen LogP contribution in [0.25, 0.3) is 0 Å². The van der Waals surface area contributed by atoms with Crippen molar-refractivity contribution in [1.29, 1.82) is 0 Å². The summed E-state index contributed by atoms with van der Waals surface area (Å²) in [6.07, 6.45) is 1.87. The molecular weight excluding hydrogens is 282 g/mol. The summed E-state index contributed by atoms with van der Waals surface area (Å²) in [5, 5.41) is 17.2. The first-order valence-electron chi connectivity index (χ1n) is 6.16. The Kier molecular flexibility index (Phi) is 3.54. The number of benzene rings is 1. The molecule has 1 heterocycles. The van der Waals surface area contributed by atoms with Crippen LogP contribution in [0, 0.1) is 0 Å². The van der Waals surface area contributed by atoms with E-state index < -0.39 is 0 Å². The summed E-state index contributed by atoms with van der Waals surface area (Å²) in [5.41, 5.74) is 2.83. The minimum absolute atomic E-state index is 0.0686. The van der Waals surface area contributed by atoms with Crippen LogP contribution in [0.1, 0.15) is 23.2 Å². The van der Waals surface area contributed by atoms with Crippen LogP contribution in [0.2, 0.25) is 4.34 Å². The molecule has 1 aliphatic carbocycles. The van der Waals surface area contributed by atoms with Gasteiger partial charge < -0.3 is 5.11 Å². The molecule has 19 heavy (non-hydrogen) atoms. The van der Waals surface area contributed by atoms with E-state index in [1.807, 2.05) is 12.1 Å². The van der Waals surface area contributed by atoms with Crippen molar-refractivity contribution in [3.05, 3.63) is 45.4 Å². The molecule has 0 saturated heterocycles. The number of hydrogen-bond donors (Lipinski definition) is 2. The quantitative estimate of drug-likeness (QED) is 0.907. The highest BCUT2D eigenvalue weighted by atomic mass is 35.5. The number of fused-ring (bicyclic) bond motifs is 1. The van der Waals surface area contributed by atoms with Gasteiger partial charge in [-0.3, -0.25) is 5.32 Å². The molecule has 0 fully saturated rings. The maximum Gasteiger partial charge on any atom is 0.138 e. The predicted octanol–water partition coefficient (Wildman–Crippen LogP) is 2.12. The van der Waals surface area contributed by atoms with E-state index in [4.69, 9.17) is 11.6 Å². The molecule has 0 saturated carbocycles. The van der Waals surface area contributed by atoms with Crippen LogP contribution < -0.4 is 5.32 Å². The number of aryl methyl sites for hydroxylation is 1.